The zero-order valence-corrected chi connectivity index (χ0v) is 12.1. The normalized spacial score (nSPS) is 13.1. The maximum atomic E-state index is 11.6. The van der Waals surface area contributed by atoms with Gasteiger partial charge in [-0.3, -0.25) is 9.80 Å². The molecule has 0 aromatic rings. The Bertz CT molecular complexity index is 295. The second kappa shape index (κ2) is 6.58. The summed E-state index contributed by atoms with van der Waals surface area (Å²) in [5.74, 6) is 5.24. The van der Waals surface area contributed by atoms with E-state index in [9.17, 15) is 9.59 Å². The average molecular weight is 259 g/mol. The fourth-order valence-corrected chi connectivity index (χ4v) is 1.24. The molecule has 106 valence electrons. The van der Waals surface area contributed by atoms with Crippen LogP contribution in [0.15, 0.2) is 0 Å². The zero-order valence-electron chi connectivity index (χ0n) is 12.1. The van der Waals surface area contributed by atoms with Crippen molar-refractivity contribution in [3.05, 3.63) is 0 Å². The summed E-state index contributed by atoms with van der Waals surface area (Å²) < 4.78 is 5.15. The number of ether oxygens (including phenoxy) is 1. The molecule has 0 aliphatic heterocycles. The number of carbonyl (C=O) groups is 2. The van der Waals surface area contributed by atoms with Gasteiger partial charge in [0.05, 0.1) is 0 Å². The summed E-state index contributed by atoms with van der Waals surface area (Å²) in [6, 6.07) is -0.293. The van der Waals surface area contributed by atoms with E-state index in [0.29, 0.717) is 0 Å². The standard InChI is InChI=1S/C12H25N3O3/c1-8(2)9(7-10(16)15(6)13)14-11(17)18-12(3,4)5/h8-9H,7,13H2,1-6H3,(H,14,17). The first-order valence-electron chi connectivity index (χ1n) is 6.03. The topological polar surface area (TPSA) is 84.7 Å². The number of nitrogens with one attached hydrogen (secondary N) is 1. The molecule has 3 N–H and O–H groups in total. The van der Waals surface area contributed by atoms with Gasteiger partial charge in [0.25, 0.3) is 0 Å². The van der Waals surface area contributed by atoms with E-state index in [1.807, 2.05) is 13.8 Å². The van der Waals surface area contributed by atoms with Crippen molar-refractivity contribution in [2.45, 2.75) is 52.7 Å². The van der Waals surface area contributed by atoms with Gasteiger partial charge in [-0.05, 0) is 26.7 Å². The van der Waals surface area contributed by atoms with Gasteiger partial charge in [0, 0.05) is 19.5 Å². The minimum Gasteiger partial charge on any atom is -0.444 e. The van der Waals surface area contributed by atoms with Crippen LogP contribution >= 0.6 is 0 Å². The fourth-order valence-electron chi connectivity index (χ4n) is 1.24. The van der Waals surface area contributed by atoms with Gasteiger partial charge in [0.1, 0.15) is 5.60 Å². The number of nitrogens with zero attached hydrogens (tertiary/aromatic N) is 1. The van der Waals surface area contributed by atoms with Gasteiger partial charge < -0.3 is 10.1 Å². The second-order valence-corrected chi connectivity index (χ2v) is 5.71. The van der Waals surface area contributed by atoms with Gasteiger partial charge in [-0.15, -0.1) is 0 Å². The van der Waals surface area contributed by atoms with Crippen LogP contribution in [0.2, 0.25) is 0 Å². The van der Waals surface area contributed by atoms with Crippen LogP contribution in [0, 0.1) is 5.92 Å². The van der Waals surface area contributed by atoms with Crippen molar-refractivity contribution in [1.82, 2.24) is 10.3 Å². The van der Waals surface area contributed by atoms with Crippen molar-refractivity contribution in [3.8, 4) is 0 Å². The molecule has 1 atom stereocenters. The van der Waals surface area contributed by atoms with Gasteiger partial charge in [-0.25, -0.2) is 10.6 Å². The van der Waals surface area contributed by atoms with Crippen molar-refractivity contribution in [1.29, 1.82) is 0 Å². The highest BCUT2D eigenvalue weighted by Gasteiger charge is 2.24. The molecule has 0 rings (SSSR count). The summed E-state index contributed by atoms with van der Waals surface area (Å²) in [6.45, 7) is 9.21. The van der Waals surface area contributed by atoms with Crippen LogP contribution < -0.4 is 11.2 Å². The summed E-state index contributed by atoms with van der Waals surface area (Å²) in [6.07, 6.45) is -0.363. The molecular formula is C12H25N3O3. The van der Waals surface area contributed by atoms with E-state index in [1.54, 1.807) is 20.8 Å². The van der Waals surface area contributed by atoms with E-state index in [4.69, 9.17) is 10.6 Å². The predicted octanol–water partition coefficient (Wildman–Crippen LogP) is 1.26. The average Bonchev–Trinajstić information content (AvgIpc) is 2.12. The van der Waals surface area contributed by atoms with E-state index in [0.717, 1.165) is 5.01 Å². The molecule has 6 nitrogen and oxygen atoms in total. The molecule has 0 radical (unpaired) electrons. The van der Waals surface area contributed by atoms with Crippen LogP contribution in [-0.2, 0) is 9.53 Å². The quantitative estimate of drug-likeness (QED) is 0.452. The molecule has 0 saturated heterocycles. The fraction of sp³-hybridized carbons (Fsp3) is 0.833. The number of alkyl carbamates (subject to hydrolysis) is 1. The molecule has 0 spiro atoms. The Hall–Kier alpha value is -1.30. The lowest BCUT2D eigenvalue weighted by molar-refractivity contribution is -0.130. The first kappa shape index (κ1) is 16.7. The lowest BCUT2D eigenvalue weighted by atomic mass is 10.0. The van der Waals surface area contributed by atoms with E-state index in [-0.39, 0.29) is 24.3 Å². The highest BCUT2D eigenvalue weighted by molar-refractivity contribution is 5.77. The smallest absolute Gasteiger partial charge is 0.407 e. The van der Waals surface area contributed by atoms with Crippen molar-refractivity contribution < 1.29 is 14.3 Å². The molecule has 2 amide bonds. The van der Waals surface area contributed by atoms with Crippen LogP contribution in [0.5, 0.6) is 0 Å². The lowest BCUT2D eigenvalue weighted by Gasteiger charge is -2.26. The van der Waals surface area contributed by atoms with Gasteiger partial charge in [0.15, 0.2) is 0 Å². The van der Waals surface area contributed by atoms with Gasteiger partial charge >= 0.3 is 6.09 Å². The molecule has 0 aliphatic carbocycles. The maximum Gasteiger partial charge on any atom is 0.407 e. The van der Waals surface area contributed by atoms with Crippen LogP contribution in [0.4, 0.5) is 4.79 Å². The van der Waals surface area contributed by atoms with Crippen molar-refractivity contribution >= 4 is 12.0 Å². The lowest BCUT2D eigenvalue weighted by Crippen LogP contribution is -2.45. The van der Waals surface area contributed by atoms with Gasteiger partial charge in [-0.1, -0.05) is 13.8 Å². The molecule has 0 heterocycles. The molecule has 0 saturated carbocycles. The third-order valence-corrected chi connectivity index (χ3v) is 2.29. The number of rotatable bonds is 4. The van der Waals surface area contributed by atoms with E-state index >= 15 is 0 Å². The highest BCUT2D eigenvalue weighted by atomic mass is 16.6. The zero-order chi connectivity index (χ0) is 14.5. The largest absolute Gasteiger partial charge is 0.444 e. The van der Waals surface area contributed by atoms with Crippen LogP contribution in [0.25, 0.3) is 0 Å². The maximum absolute atomic E-state index is 11.6. The van der Waals surface area contributed by atoms with Crippen LogP contribution in [0.3, 0.4) is 0 Å². The molecule has 0 aliphatic rings. The number of amides is 2. The number of hydrogen-bond acceptors (Lipinski definition) is 4. The van der Waals surface area contributed by atoms with Crippen molar-refractivity contribution in [3.63, 3.8) is 0 Å². The first-order chi connectivity index (χ1) is 8.03. The third kappa shape index (κ3) is 7.11. The Labute approximate surface area is 109 Å². The molecular weight excluding hydrogens is 234 g/mol. The summed E-state index contributed by atoms with van der Waals surface area (Å²) in [7, 11) is 1.48. The van der Waals surface area contributed by atoms with Crippen LogP contribution in [-0.4, -0.2) is 35.7 Å². The SMILES string of the molecule is CC(C)C(CC(=O)N(C)N)NC(=O)OC(C)(C)C. The van der Waals surface area contributed by atoms with Gasteiger partial charge in [0.2, 0.25) is 5.91 Å². The molecule has 0 fully saturated rings. The monoisotopic (exact) mass is 259 g/mol. The van der Waals surface area contributed by atoms with Crippen LogP contribution in [0.1, 0.15) is 41.0 Å². The Morgan fingerprint density at radius 3 is 2.17 bits per heavy atom. The molecule has 0 aromatic heterocycles. The van der Waals surface area contributed by atoms with E-state index < -0.39 is 11.7 Å². The van der Waals surface area contributed by atoms with E-state index in [1.165, 1.54) is 7.05 Å². The third-order valence-electron chi connectivity index (χ3n) is 2.29. The Balaban J connectivity index is 4.46. The number of hydrazine groups is 1. The Morgan fingerprint density at radius 2 is 1.83 bits per heavy atom. The number of carbonyl (C=O) groups excluding carboxylic acids is 2. The number of hydrogen-bond donors (Lipinski definition) is 2. The highest BCUT2D eigenvalue weighted by Crippen LogP contribution is 2.11. The first-order valence-corrected chi connectivity index (χ1v) is 6.03. The summed E-state index contributed by atoms with van der Waals surface area (Å²) in [4.78, 5) is 23.2. The minimum atomic E-state index is -0.555. The summed E-state index contributed by atoms with van der Waals surface area (Å²) in [5, 5.41) is 3.71. The second-order valence-electron chi connectivity index (χ2n) is 5.71. The van der Waals surface area contributed by atoms with E-state index in [2.05, 4.69) is 5.32 Å². The summed E-state index contributed by atoms with van der Waals surface area (Å²) >= 11 is 0. The van der Waals surface area contributed by atoms with Gasteiger partial charge in [-0.2, -0.15) is 0 Å². The number of nitrogens with two attached hydrogens (primary N) is 1. The molecule has 0 bridgehead atoms. The molecule has 1 unspecified atom stereocenters. The van der Waals surface area contributed by atoms with Crippen molar-refractivity contribution in [2.75, 3.05) is 7.05 Å². The Morgan fingerprint density at radius 1 is 1.33 bits per heavy atom. The molecule has 18 heavy (non-hydrogen) atoms. The Kier molecular flexibility index (Phi) is 6.11. The minimum absolute atomic E-state index is 0.112. The summed E-state index contributed by atoms with van der Waals surface area (Å²) in [5.41, 5.74) is -0.555. The predicted molar refractivity (Wildman–Crippen MR) is 69.6 cm³/mol. The molecule has 0 aromatic carbocycles. The van der Waals surface area contributed by atoms with Crippen molar-refractivity contribution in [2.24, 2.45) is 11.8 Å². The molecule has 6 heteroatoms.